The first-order chi connectivity index (χ1) is 7.10. The van der Waals surface area contributed by atoms with E-state index in [2.05, 4.69) is 47.4 Å². The molecule has 0 bridgehead atoms. The van der Waals surface area contributed by atoms with Gasteiger partial charge in [0.2, 0.25) is 0 Å². The van der Waals surface area contributed by atoms with E-state index in [-0.39, 0.29) is 11.1 Å². The minimum absolute atomic E-state index is 0.218. The molecule has 0 aromatic carbocycles. The van der Waals surface area contributed by atoms with Gasteiger partial charge in [-0.15, -0.1) is 6.58 Å². The van der Waals surface area contributed by atoms with Crippen LogP contribution in [0.5, 0.6) is 0 Å². The Morgan fingerprint density at radius 1 is 1.31 bits per heavy atom. The molecule has 0 aliphatic carbocycles. The Hall–Kier alpha value is -0.123. The number of aliphatic hydroxyl groups excluding tert-OH is 1. The summed E-state index contributed by atoms with van der Waals surface area (Å²) in [5.41, 5.74) is 0. The molecule has 96 valence electrons. The minimum Gasteiger partial charge on any atom is -0.414 e. The Bertz CT molecular complexity index is 218. The number of hydrogen-bond donors (Lipinski definition) is 1. The van der Waals surface area contributed by atoms with E-state index in [0.717, 1.165) is 12.8 Å². The maximum atomic E-state index is 9.40. The van der Waals surface area contributed by atoms with Crippen molar-refractivity contribution in [3.8, 4) is 0 Å². The summed E-state index contributed by atoms with van der Waals surface area (Å²) in [7, 11) is -1.66. The van der Waals surface area contributed by atoms with Gasteiger partial charge in [0, 0.05) is 6.10 Å². The lowest BCUT2D eigenvalue weighted by atomic mass is 10.1. The summed E-state index contributed by atoms with van der Waals surface area (Å²) in [6, 6.07) is 0. The van der Waals surface area contributed by atoms with E-state index in [1.807, 2.05) is 0 Å². The molecule has 0 saturated heterocycles. The van der Waals surface area contributed by atoms with Gasteiger partial charge in [-0.3, -0.25) is 0 Å². The molecule has 3 heteroatoms. The largest absolute Gasteiger partial charge is 0.414 e. The van der Waals surface area contributed by atoms with Crippen molar-refractivity contribution >= 4 is 8.32 Å². The third kappa shape index (κ3) is 5.28. The molecule has 2 atom stereocenters. The fourth-order valence-corrected chi connectivity index (χ4v) is 2.74. The van der Waals surface area contributed by atoms with Gasteiger partial charge >= 0.3 is 0 Å². The van der Waals surface area contributed by atoms with Gasteiger partial charge in [-0.05, 0) is 37.9 Å². The molecule has 0 aliphatic heterocycles. The molecule has 0 aromatic rings. The molecule has 0 amide bonds. The Balaban J connectivity index is 4.14. The van der Waals surface area contributed by atoms with Gasteiger partial charge in [0.05, 0.1) is 6.10 Å². The molecule has 0 aliphatic rings. The van der Waals surface area contributed by atoms with Gasteiger partial charge in [-0.2, -0.15) is 0 Å². The molecule has 0 heterocycles. The summed E-state index contributed by atoms with van der Waals surface area (Å²) in [6.45, 7) is 16.9. The number of hydrogen-bond acceptors (Lipinski definition) is 2. The summed E-state index contributed by atoms with van der Waals surface area (Å²) in [6.07, 6.45) is 3.03. The van der Waals surface area contributed by atoms with Crippen LogP contribution in [0.1, 0.15) is 40.5 Å². The van der Waals surface area contributed by atoms with Gasteiger partial charge in [0.1, 0.15) is 0 Å². The van der Waals surface area contributed by atoms with Crippen molar-refractivity contribution in [1.29, 1.82) is 0 Å². The van der Waals surface area contributed by atoms with Crippen LogP contribution in [-0.2, 0) is 4.43 Å². The van der Waals surface area contributed by atoms with Crippen LogP contribution in [0.3, 0.4) is 0 Å². The lowest BCUT2D eigenvalue weighted by Crippen LogP contribution is -2.43. The summed E-state index contributed by atoms with van der Waals surface area (Å²) in [5.74, 6) is 0. The quantitative estimate of drug-likeness (QED) is 0.570. The molecule has 2 nitrogen and oxygen atoms in total. The van der Waals surface area contributed by atoms with E-state index in [9.17, 15) is 5.11 Å². The molecule has 0 spiro atoms. The highest BCUT2D eigenvalue weighted by Gasteiger charge is 2.38. The number of aliphatic hydroxyl groups is 1. The normalized spacial score (nSPS) is 16.9. The fraction of sp³-hybridized carbons (Fsp3) is 0.846. The van der Waals surface area contributed by atoms with Gasteiger partial charge in [0.25, 0.3) is 0 Å². The van der Waals surface area contributed by atoms with Crippen LogP contribution < -0.4 is 0 Å². The molecule has 16 heavy (non-hydrogen) atoms. The zero-order chi connectivity index (χ0) is 13.0. The second kappa shape index (κ2) is 5.99. The third-order valence-corrected chi connectivity index (χ3v) is 8.05. The average molecular weight is 244 g/mol. The molecular formula is C13H28O2Si. The summed E-state index contributed by atoms with van der Waals surface area (Å²) >= 11 is 0. The molecule has 0 rings (SSSR count). The number of rotatable bonds is 6. The van der Waals surface area contributed by atoms with Crippen LogP contribution in [0.4, 0.5) is 0 Å². The van der Waals surface area contributed by atoms with Crippen molar-refractivity contribution in [3.63, 3.8) is 0 Å². The monoisotopic (exact) mass is 244 g/mol. The Morgan fingerprint density at radius 3 is 2.19 bits per heavy atom. The van der Waals surface area contributed by atoms with Crippen LogP contribution in [0.2, 0.25) is 18.1 Å². The minimum atomic E-state index is -1.66. The first-order valence-corrected chi connectivity index (χ1v) is 8.99. The highest BCUT2D eigenvalue weighted by Crippen LogP contribution is 2.37. The average Bonchev–Trinajstić information content (AvgIpc) is 2.11. The topological polar surface area (TPSA) is 29.5 Å². The molecule has 1 N–H and O–H groups in total. The van der Waals surface area contributed by atoms with Crippen LogP contribution in [0.25, 0.3) is 0 Å². The van der Waals surface area contributed by atoms with E-state index in [1.165, 1.54) is 0 Å². The highest BCUT2D eigenvalue weighted by atomic mass is 28.4. The first kappa shape index (κ1) is 15.9. The fourth-order valence-electron chi connectivity index (χ4n) is 1.26. The highest BCUT2D eigenvalue weighted by molar-refractivity contribution is 6.74. The van der Waals surface area contributed by atoms with Crippen molar-refractivity contribution in [2.75, 3.05) is 0 Å². The molecule has 0 aromatic heterocycles. The van der Waals surface area contributed by atoms with E-state index in [0.29, 0.717) is 0 Å². The van der Waals surface area contributed by atoms with Crippen molar-refractivity contribution in [1.82, 2.24) is 0 Å². The first-order valence-electron chi connectivity index (χ1n) is 6.08. The van der Waals surface area contributed by atoms with Crippen LogP contribution >= 0.6 is 0 Å². The molecule has 0 saturated carbocycles. The lowest BCUT2D eigenvalue weighted by Gasteiger charge is -2.38. The van der Waals surface area contributed by atoms with Gasteiger partial charge in [-0.25, -0.2) is 0 Å². The van der Waals surface area contributed by atoms with Crippen molar-refractivity contribution in [2.45, 2.75) is 70.9 Å². The summed E-state index contributed by atoms with van der Waals surface area (Å²) in [4.78, 5) is 0. The molecule has 0 unspecified atom stereocenters. The van der Waals surface area contributed by atoms with Gasteiger partial charge in [-0.1, -0.05) is 26.8 Å². The predicted octanol–water partition coefficient (Wildman–Crippen LogP) is 3.72. The van der Waals surface area contributed by atoms with Crippen LogP contribution in [-0.4, -0.2) is 25.6 Å². The molecular weight excluding hydrogens is 216 g/mol. The maximum absolute atomic E-state index is 9.40. The van der Waals surface area contributed by atoms with E-state index < -0.39 is 14.4 Å². The summed E-state index contributed by atoms with van der Waals surface area (Å²) in [5, 5.41) is 9.65. The Morgan fingerprint density at radius 2 is 1.81 bits per heavy atom. The molecule has 0 radical (unpaired) electrons. The lowest BCUT2D eigenvalue weighted by molar-refractivity contribution is 0.151. The second-order valence-corrected chi connectivity index (χ2v) is 10.8. The second-order valence-electron chi connectivity index (χ2n) is 6.07. The van der Waals surface area contributed by atoms with Crippen molar-refractivity contribution in [2.24, 2.45) is 0 Å². The standard InChI is InChI=1S/C13H28O2Si/c1-8-12(14)10-9-11(2)15-16(6,7)13(3,4)5/h8,11-12,14H,1,9-10H2,2-7H3/t11-,12+/m0/s1. The van der Waals surface area contributed by atoms with Gasteiger partial charge < -0.3 is 9.53 Å². The third-order valence-electron chi connectivity index (χ3n) is 3.44. The van der Waals surface area contributed by atoms with E-state index in [4.69, 9.17) is 4.43 Å². The van der Waals surface area contributed by atoms with Crippen molar-refractivity contribution in [3.05, 3.63) is 12.7 Å². The smallest absolute Gasteiger partial charge is 0.192 e. The Labute approximate surface area is 102 Å². The predicted molar refractivity (Wildman–Crippen MR) is 73.2 cm³/mol. The van der Waals surface area contributed by atoms with Crippen LogP contribution in [0, 0.1) is 0 Å². The van der Waals surface area contributed by atoms with E-state index >= 15 is 0 Å². The zero-order valence-electron chi connectivity index (χ0n) is 11.7. The van der Waals surface area contributed by atoms with E-state index in [1.54, 1.807) is 6.08 Å². The summed E-state index contributed by atoms with van der Waals surface area (Å²) < 4.78 is 6.19. The van der Waals surface area contributed by atoms with Crippen LogP contribution in [0.15, 0.2) is 12.7 Å². The maximum Gasteiger partial charge on any atom is 0.192 e. The molecule has 0 fully saturated rings. The van der Waals surface area contributed by atoms with Crippen molar-refractivity contribution < 1.29 is 9.53 Å². The zero-order valence-corrected chi connectivity index (χ0v) is 12.7. The van der Waals surface area contributed by atoms with Gasteiger partial charge in [0.15, 0.2) is 8.32 Å². The SMILES string of the molecule is C=C[C@@H](O)CC[C@H](C)O[Si](C)(C)C(C)(C)C. The Kier molecular flexibility index (Phi) is 5.94.